The summed E-state index contributed by atoms with van der Waals surface area (Å²) >= 11 is 0. The van der Waals surface area contributed by atoms with Gasteiger partial charge in [0, 0.05) is 7.05 Å². The van der Waals surface area contributed by atoms with Crippen molar-refractivity contribution in [3.63, 3.8) is 0 Å². The zero-order valence-corrected chi connectivity index (χ0v) is 9.18. The molecule has 3 nitrogen and oxygen atoms in total. The van der Waals surface area contributed by atoms with Crippen LogP contribution in [0.15, 0.2) is 0 Å². The minimum absolute atomic E-state index is 0.0612. The number of nitrogens with two attached hydrogens (primary N) is 1. The van der Waals surface area contributed by atoms with E-state index in [1.54, 1.807) is 7.05 Å². The molecule has 0 rings (SSSR count). The fourth-order valence-electron chi connectivity index (χ4n) is 1.17. The van der Waals surface area contributed by atoms with Crippen molar-refractivity contribution in [2.24, 2.45) is 11.1 Å². The molecule has 0 aliphatic heterocycles. The average Bonchev–Trinajstić information content (AvgIpc) is 2.00. The van der Waals surface area contributed by atoms with E-state index < -0.39 is 0 Å². The fourth-order valence-corrected chi connectivity index (χ4v) is 1.17. The van der Waals surface area contributed by atoms with Crippen LogP contribution in [0.2, 0.25) is 0 Å². The molecule has 0 saturated heterocycles. The maximum atomic E-state index is 11.0. The molecule has 0 aliphatic carbocycles. The smallest absolute Gasteiger partial charge is 0.236 e. The zero-order valence-electron chi connectivity index (χ0n) is 9.18. The lowest BCUT2D eigenvalue weighted by Crippen LogP contribution is -2.38. The van der Waals surface area contributed by atoms with E-state index in [2.05, 4.69) is 26.1 Å². The molecule has 0 heterocycles. The first-order valence-corrected chi connectivity index (χ1v) is 4.84. The van der Waals surface area contributed by atoms with Gasteiger partial charge in [0.1, 0.15) is 0 Å². The molecule has 0 fully saturated rings. The number of likely N-dealkylation sites (N-methyl/N-ethyl adjacent to an activating group) is 1. The lowest BCUT2D eigenvalue weighted by Gasteiger charge is -2.18. The van der Waals surface area contributed by atoms with Gasteiger partial charge in [0.25, 0.3) is 0 Å². The van der Waals surface area contributed by atoms with Gasteiger partial charge in [0.2, 0.25) is 5.91 Å². The minimum Gasteiger partial charge on any atom is -0.358 e. The number of carbonyl (C=O) groups is 1. The Hall–Kier alpha value is -0.570. The van der Waals surface area contributed by atoms with Gasteiger partial charge >= 0.3 is 0 Å². The average molecular weight is 186 g/mol. The van der Waals surface area contributed by atoms with Crippen LogP contribution in [0.1, 0.15) is 40.0 Å². The second kappa shape index (κ2) is 5.22. The van der Waals surface area contributed by atoms with E-state index in [9.17, 15) is 4.79 Å². The Morgan fingerprint density at radius 1 is 1.46 bits per heavy atom. The summed E-state index contributed by atoms with van der Waals surface area (Å²) in [7, 11) is 1.62. The summed E-state index contributed by atoms with van der Waals surface area (Å²) in [5, 5.41) is 2.55. The van der Waals surface area contributed by atoms with Gasteiger partial charge in [-0.3, -0.25) is 4.79 Å². The third kappa shape index (κ3) is 6.58. The van der Waals surface area contributed by atoms with Crippen molar-refractivity contribution in [3.05, 3.63) is 0 Å². The summed E-state index contributed by atoms with van der Waals surface area (Å²) in [6.07, 6.45) is 2.90. The highest BCUT2D eigenvalue weighted by Gasteiger charge is 2.14. The van der Waals surface area contributed by atoms with E-state index >= 15 is 0 Å². The Morgan fingerprint density at radius 2 is 2.00 bits per heavy atom. The van der Waals surface area contributed by atoms with Crippen LogP contribution < -0.4 is 11.1 Å². The van der Waals surface area contributed by atoms with Crippen LogP contribution >= 0.6 is 0 Å². The van der Waals surface area contributed by atoms with Crippen LogP contribution in [0.5, 0.6) is 0 Å². The molecule has 78 valence electrons. The molecule has 3 heteroatoms. The van der Waals surface area contributed by atoms with E-state index in [1.165, 1.54) is 0 Å². The lowest BCUT2D eigenvalue weighted by molar-refractivity contribution is -0.122. The minimum atomic E-state index is -0.340. The quantitative estimate of drug-likeness (QED) is 0.695. The summed E-state index contributed by atoms with van der Waals surface area (Å²) in [5.74, 6) is -0.0612. The molecular formula is C10H22N2O. The Bertz CT molecular complexity index is 161. The number of hydrogen-bond donors (Lipinski definition) is 2. The van der Waals surface area contributed by atoms with E-state index in [-0.39, 0.29) is 11.9 Å². The normalized spacial score (nSPS) is 13.9. The van der Waals surface area contributed by atoms with E-state index in [4.69, 9.17) is 5.73 Å². The first-order valence-electron chi connectivity index (χ1n) is 4.84. The highest BCUT2D eigenvalue weighted by atomic mass is 16.2. The summed E-state index contributed by atoms with van der Waals surface area (Å²) < 4.78 is 0. The standard InChI is InChI=1S/C10H22N2O/c1-10(2,3)7-5-6-8(11)9(13)12-4/h8H,5-7,11H2,1-4H3,(H,12,13)/t8-/m0/s1. The number of amides is 1. The molecule has 3 N–H and O–H groups in total. The van der Waals surface area contributed by atoms with Gasteiger partial charge in [0.15, 0.2) is 0 Å². The van der Waals surface area contributed by atoms with E-state index in [0.717, 1.165) is 19.3 Å². The van der Waals surface area contributed by atoms with Crippen LogP contribution in [-0.4, -0.2) is 19.0 Å². The zero-order chi connectivity index (χ0) is 10.5. The predicted molar refractivity (Wildman–Crippen MR) is 55.3 cm³/mol. The first kappa shape index (κ1) is 12.4. The van der Waals surface area contributed by atoms with Crippen molar-refractivity contribution in [2.45, 2.75) is 46.1 Å². The van der Waals surface area contributed by atoms with Crippen molar-refractivity contribution in [1.29, 1.82) is 0 Å². The topological polar surface area (TPSA) is 55.1 Å². The molecule has 13 heavy (non-hydrogen) atoms. The molecule has 0 spiro atoms. The molecule has 1 amide bonds. The number of nitrogens with one attached hydrogen (secondary N) is 1. The molecule has 0 aromatic heterocycles. The second-order valence-electron chi connectivity index (χ2n) is 4.67. The molecule has 0 saturated carbocycles. The van der Waals surface area contributed by atoms with Gasteiger partial charge < -0.3 is 11.1 Å². The summed E-state index contributed by atoms with van der Waals surface area (Å²) in [6, 6.07) is -0.340. The predicted octanol–water partition coefficient (Wildman–Crippen LogP) is 1.28. The van der Waals surface area contributed by atoms with Gasteiger partial charge in [-0.25, -0.2) is 0 Å². The van der Waals surface area contributed by atoms with Crippen molar-refractivity contribution in [2.75, 3.05) is 7.05 Å². The first-order chi connectivity index (χ1) is 5.87. The van der Waals surface area contributed by atoms with Gasteiger partial charge in [-0.1, -0.05) is 27.2 Å². The Labute approximate surface area is 81.1 Å². The summed E-state index contributed by atoms with van der Waals surface area (Å²) in [6.45, 7) is 6.58. The van der Waals surface area contributed by atoms with Crippen LogP contribution in [0.25, 0.3) is 0 Å². The molecule has 0 unspecified atom stereocenters. The van der Waals surface area contributed by atoms with Gasteiger partial charge in [0.05, 0.1) is 6.04 Å². The maximum absolute atomic E-state index is 11.0. The molecule has 0 aliphatic rings. The number of hydrogen-bond acceptors (Lipinski definition) is 2. The van der Waals surface area contributed by atoms with Crippen molar-refractivity contribution >= 4 is 5.91 Å². The maximum Gasteiger partial charge on any atom is 0.236 e. The monoisotopic (exact) mass is 186 g/mol. The van der Waals surface area contributed by atoms with Crippen LogP contribution in [0, 0.1) is 5.41 Å². The second-order valence-corrected chi connectivity index (χ2v) is 4.67. The van der Waals surface area contributed by atoms with Gasteiger partial charge in [-0.15, -0.1) is 0 Å². The highest BCUT2D eigenvalue weighted by molar-refractivity contribution is 5.81. The Balaban J connectivity index is 3.59. The third-order valence-corrected chi connectivity index (χ3v) is 2.03. The number of rotatable bonds is 4. The van der Waals surface area contributed by atoms with E-state index in [0.29, 0.717) is 5.41 Å². The molecular weight excluding hydrogens is 164 g/mol. The fraction of sp³-hybridized carbons (Fsp3) is 0.900. The Kier molecular flexibility index (Phi) is 4.99. The highest BCUT2D eigenvalue weighted by Crippen LogP contribution is 2.21. The van der Waals surface area contributed by atoms with Gasteiger partial charge in [-0.2, -0.15) is 0 Å². The van der Waals surface area contributed by atoms with E-state index in [1.807, 2.05) is 0 Å². The number of carbonyl (C=O) groups excluding carboxylic acids is 1. The molecule has 0 aromatic carbocycles. The molecule has 0 bridgehead atoms. The van der Waals surface area contributed by atoms with Crippen LogP contribution in [0.4, 0.5) is 0 Å². The lowest BCUT2D eigenvalue weighted by atomic mass is 9.89. The van der Waals surface area contributed by atoms with Gasteiger partial charge in [-0.05, 0) is 18.3 Å². The Morgan fingerprint density at radius 3 is 2.38 bits per heavy atom. The van der Waals surface area contributed by atoms with Crippen LogP contribution in [0.3, 0.4) is 0 Å². The third-order valence-electron chi connectivity index (χ3n) is 2.03. The van der Waals surface area contributed by atoms with Crippen molar-refractivity contribution in [1.82, 2.24) is 5.32 Å². The molecule has 0 radical (unpaired) electrons. The molecule has 0 aromatic rings. The van der Waals surface area contributed by atoms with Crippen LogP contribution in [-0.2, 0) is 4.79 Å². The molecule has 1 atom stereocenters. The van der Waals surface area contributed by atoms with Crippen molar-refractivity contribution in [3.8, 4) is 0 Å². The van der Waals surface area contributed by atoms with Crippen molar-refractivity contribution < 1.29 is 4.79 Å². The SMILES string of the molecule is CNC(=O)[C@@H](N)CCCC(C)(C)C. The summed E-state index contributed by atoms with van der Waals surface area (Å²) in [4.78, 5) is 11.0. The summed E-state index contributed by atoms with van der Waals surface area (Å²) in [5.41, 5.74) is 5.98. The largest absolute Gasteiger partial charge is 0.358 e.